The summed E-state index contributed by atoms with van der Waals surface area (Å²) in [5.41, 5.74) is 3.05. The Morgan fingerprint density at radius 1 is 1.47 bits per heavy atom. The number of hydrogen-bond acceptors (Lipinski definition) is 4. The Kier molecular flexibility index (Phi) is 7.06. The van der Waals surface area contributed by atoms with Crippen LogP contribution in [0.2, 0.25) is 0 Å². The molecule has 0 unspecified atom stereocenters. The van der Waals surface area contributed by atoms with Crippen LogP contribution in [0.1, 0.15) is 6.92 Å². The highest BCUT2D eigenvalue weighted by atomic mass is 19.1. The van der Waals surface area contributed by atoms with Crippen molar-refractivity contribution in [3.63, 3.8) is 0 Å². The van der Waals surface area contributed by atoms with E-state index in [4.69, 9.17) is 16.0 Å². The van der Waals surface area contributed by atoms with Gasteiger partial charge in [-0.2, -0.15) is 0 Å². The lowest BCUT2D eigenvalue weighted by Gasteiger charge is -2.10. The number of nitrogens with two attached hydrogens (primary N) is 1. The first-order valence-corrected chi connectivity index (χ1v) is 5.24. The van der Waals surface area contributed by atoms with E-state index >= 15 is 0 Å². The van der Waals surface area contributed by atoms with Crippen molar-refractivity contribution in [1.82, 2.24) is 5.43 Å². The normalized spacial score (nSPS) is 12.3. The fourth-order valence-electron chi connectivity index (χ4n) is 1.04. The minimum absolute atomic E-state index is 0.126. The topological polar surface area (TPSA) is 71.1 Å². The molecule has 0 heterocycles. The largest absolute Gasteiger partial charge is 0.436 e. The monoisotopic (exact) mass is 269 g/mol. The van der Waals surface area contributed by atoms with E-state index in [1.54, 1.807) is 6.92 Å². The molecular formula is C13H17F2N3O. The molecule has 0 aliphatic rings. The van der Waals surface area contributed by atoms with E-state index in [1.807, 2.05) is 0 Å². The van der Waals surface area contributed by atoms with Gasteiger partial charge in [-0.15, -0.1) is 0 Å². The second-order valence-electron chi connectivity index (χ2n) is 3.51. The number of hydrazine groups is 1. The van der Waals surface area contributed by atoms with Crippen LogP contribution in [-0.2, 0) is 4.74 Å². The predicted octanol–water partition coefficient (Wildman–Crippen LogP) is 2.80. The summed E-state index contributed by atoms with van der Waals surface area (Å²) in [4.78, 5) is 0. The molecule has 0 radical (unpaired) electrons. The molecule has 4 N–H and O–H groups in total. The maximum Gasteiger partial charge on any atom is 0.212 e. The van der Waals surface area contributed by atoms with E-state index < -0.39 is 24.2 Å². The average Bonchev–Trinajstić information content (AvgIpc) is 2.37. The van der Waals surface area contributed by atoms with E-state index in [2.05, 4.69) is 25.2 Å². The first-order chi connectivity index (χ1) is 8.87. The van der Waals surface area contributed by atoms with Crippen molar-refractivity contribution in [2.24, 2.45) is 5.84 Å². The zero-order chi connectivity index (χ0) is 15.0. The highest BCUT2D eigenvalue weighted by Crippen LogP contribution is 2.18. The molecule has 0 rings (SSSR count). The van der Waals surface area contributed by atoms with Gasteiger partial charge in [0.2, 0.25) is 5.90 Å². The molecule has 4 nitrogen and oxygen atoms in total. The van der Waals surface area contributed by atoms with Crippen LogP contribution >= 0.6 is 0 Å². The Morgan fingerprint density at radius 3 is 2.42 bits per heavy atom. The van der Waals surface area contributed by atoms with Gasteiger partial charge in [0.15, 0.2) is 11.6 Å². The zero-order valence-corrected chi connectivity index (χ0v) is 10.7. The molecular weight excluding hydrogens is 252 g/mol. The summed E-state index contributed by atoms with van der Waals surface area (Å²) in [6.07, 6.45) is 2.36. The number of rotatable bonds is 7. The van der Waals surface area contributed by atoms with Gasteiger partial charge in [-0.3, -0.25) is 11.3 Å². The minimum atomic E-state index is -0.987. The molecule has 0 amide bonds. The third-order valence-electron chi connectivity index (χ3n) is 2.14. The van der Waals surface area contributed by atoms with Crippen LogP contribution in [0.3, 0.4) is 0 Å². The highest BCUT2D eigenvalue weighted by molar-refractivity contribution is 5.87. The number of alkyl halides is 1. The van der Waals surface area contributed by atoms with Crippen molar-refractivity contribution >= 4 is 5.90 Å². The van der Waals surface area contributed by atoms with Crippen molar-refractivity contribution in [2.45, 2.75) is 6.92 Å². The first kappa shape index (κ1) is 16.8. The van der Waals surface area contributed by atoms with Gasteiger partial charge in [-0.05, 0) is 12.5 Å². The van der Waals surface area contributed by atoms with Crippen LogP contribution in [0.5, 0.6) is 0 Å². The lowest BCUT2D eigenvalue weighted by Crippen LogP contribution is -2.21. The molecule has 0 spiro atoms. The maximum absolute atomic E-state index is 13.2. The molecule has 0 saturated carbocycles. The smallest absolute Gasteiger partial charge is 0.212 e. The predicted molar refractivity (Wildman–Crippen MR) is 72.5 cm³/mol. The van der Waals surface area contributed by atoms with Gasteiger partial charge in [0.25, 0.3) is 0 Å². The molecule has 19 heavy (non-hydrogen) atoms. The van der Waals surface area contributed by atoms with Crippen LogP contribution < -0.4 is 11.3 Å². The summed E-state index contributed by atoms with van der Waals surface area (Å²) in [5, 5.41) is 7.55. The standard InChI is InChI=1S/C13H17F2N3O/c1-5-11(7-14)13(9(3)15)19-12(16)6-8(2)10(4)18-17/h5-6,16,18H,1,3-4,7,17H2,2H3/b8-6-,13-11-,16-12?. The van der Waals surface area contributed by atoms with E-state index in [1.165, 1.54) is 6.08 Å². The molecule has 0 aromatic carbocycles. The molecule has 0 aliphatic carbocycles. The van der Waals surface area contributed by atoms with Crippen molar-refractivity contribution in [1.29, 1.82) is 5.41 Å². The molecule has 0 aromatic rings. The molecule has 104 valence electrons. The lowest BCUT2D eigenvalue weighted by atomic mass is 10.2. The Bertz CT molecular complexity index is 465. The number of nitrogens with one attached hydrogen (secondary N) is 2. The summed E-state index contributed by atoms with van der Waals surface area (Å²) in [5.74, 6) is 3.29. The lowest BCUT2D eigenvalue weighted by molar-refractivity contribution is 0.381. The Morgan fingerprint density at radius 2 is 2.05 bits per heavy atom. The molecule has 6 heteroatoms. The maximum atomic E-state index is 13.2. The van der Waals surface area contributed by atoms with Gasteiger partial charge >= 0.3 is 0 Å². The summed E-state index contributed by atoms with van der Waals surface area (Å²) in [6.45, 7) is 10.6. The van der Waals surface area contributed by atoms with Crippen LogP contribution in [0.4, 0.5) is 8.78 Å². The third kappa shape index (κ3) is 5.31. The van der Waals surface area contributed by atoms with Crippen molar-refractivity contribution in [3.05, 3.63) is 60.3 Å². The molecule has 0 saturated heterocycles. The molecule has 0 aromatic heterocycles. The van der Waals surface area contributed by atoms with Crippen molar-refractivity contribution in [3.8, 4) is 0 Å². The Labute approximate surface area is 111 Å². The fourth-order valence-corrected chi connectivity index (χ4v) is 1.04. The minimum Gasteiger partial charge on any atom is -0.436 e. The molecule has 0 aliphatic heterocycles. The zero-order valence-electron chi connectivity index (χ0n) is 10.7. The van der Waals surface area contributed by atoms with Gasteiger partial charge in [0, 0.05) is 17.3 Å². The number of allylic oxidation sites excluding steroid dienone is 4. The Balaban J connectivity index is 5.15. The van der Waals surface area contributed by atoms with Gasteiger partial charge in [0.1, 0.15) is 6.67 Å². The highest BCUT2D eigenvalue weighted by Gasteiger charge is 2.12. The quantitative estimate of drug-likeness (QED) is 0.166. The first-order valence-electron chi connectivity index (χ1n) is 5.24. The van der Waals surface area contributed by atoms with Gasteiger partial charge < -0.3 is 10.2 Å². The van der Waals surface area contributed by atoms with Gasteiger partial charge in [0.05, 0.1) is 0 Å². The molecule has 0 atom stereocenters. The van der Waals surface area contributed by atoms with Crippen molar-refractivity contribution < 1.29 is 13.5 Å². The van der Waals surface area contributed by atoms with E-state index in [9.17, 15) is 8.78 Å². The van der Waals surface area contributed by atoms with Crippen LogP contribution in [0.25, 0.3) is 0 Å². The van der Waals surface area contributed by atoms with E-state index in [0.717, 1.165) is 6.08 Å². The van der Waals surface area contributed by atoms with Gasteiger partial charge in [-0.1, -0.05) is 25.8 Å². The number of ether oxygens (including phenoxy) is 1. The van der Waals surface area contributed by atoms with E-state index in [-0.39, 0.29) is 5.57 Å². The van der Waals surface area contributed by atoms with Gasteiger partial charge in [-0.25, -0.2) is 8.78 Å². The van der Waals surface area contributed by atoms with Crippen LogP contribution in [0, 0.1) is 5.41 Å². The van der Waals surface area contributed by atoms with Crippen LogP contribution in [0.15, 0.2) is 60.3 Å². The fraction of sp³-hybridized carbons (Fsp3) is 0.154. The second kappa shape index (κ2) is 7.99. The molecule has 0 bridgehead atoms. The average molecular weight is 269 g/mol. The summed E-state index contributed by atoms with van der Waals surface area (Å²) < 4.78 is 30.7. The van der Waals surface area contributed by atoms with E-state index in [0.29, 0.717) is 11.3 Å². The summed E-state index contributed by atoms with van der Waals surface area (Å²) in [6, 6.07) is 0. The number of hydrogen-bond donors (Lipinski definition) is 3. The Hall–Kier alpha value is -2.21. The third-order valence-corrected chi connectivity index (χ3v) is 2.14. The summed E-state index contributed by atoms with van der Waals surface area (Å²) >= 11 is 0. The second-order valence-corrected chi connectivity index (χ2v) is 3.51. The van der Waals surface area contributed by atoms with Crippen LogP contribution in [-0.4, -0.2) is 12.6 Å². The van der Waals surface area contributed by atoms with Crippen molar-refractivity contribution in [2.75, 3.05) is 6.67 Å². The number of halogens is 2. The summed E-state index contributed by atoms with van der Waals surface area (Å²) in [7, 11) is 0. The molecule has 0 fully saturated rings. The SMILES string of the molecule is C=C/C(CF)=C(/OC(=N)/C=C(/C)C(=C)NN)C(=C)F.